The third-order valence-electron chi connectivity index (χ3n) is 4.57. The molecule has 1 aliphatic carbocycles. The van der Waals surface area contributed by atoms with Gasteiger partial charge in [0.15, 0.2) is 0 Å². The maximum absolute atomic E-state index is 12.6. The number of nitrogens with zero attached hydrogens (tertiary/aromatic N) is 2. The second-order valence-electron chi connectivity index (χ2n) is 6.29. The summed E-state index contributed by atoms with van der Waals surface area (Å²) in [5.74, 6) is -0.591. The highest BCUT2D eigenvalue weighted by Gasteiger charge is 2.27. The zero-order valence-electron chi connectivity index (χ0n) is 14.8. The predicted molar refractivity (Wildman–Crippen MR) is 104 cm³/mol. The number of aryl methyl sites for hydroxylation is 1. The van der Waals surface area contributed by atoms with E-state index in [1.807, 2.05) is 24.3 Å². The van der Waals surface area contributed by atoms with E-state index in [1.165, 1.54) is 24.2 Å². The minimum absolute atomic E-state index is 0.145. The first kappa shape index (κ1) is 16.8. The summed E-state index contributed by atoms with van der Waals surface area (Å²) in [7, 11) is 0. The average molecular weight is 355 g/mol. The molecule has 0 amide bonds. The lowest BCUT2D eigenvalue weighted by Gasteiger charge is -2.15. The maximum atomic E-state index is 12.6. The van der Waals surface area contributed by atoms with Gasteiger partial charge in [0, 0.05) is 18.0 Å². The molecule has 1 aromatic heterocycles. The lowest BCUT2D eigenvalue weighted by molar-refractivity contribution is 0.0981. The second kappa shape index (κ2) is 6.96. The number of Topliss-reactive ketones (excluding diaryl/α,β-unsaturated/α-hetero) is 1. The molecular weight excluding hydrogens is 338 g/mol. The highest BCUT2D eigenvalue weighted by molar-refractivity contribution is 6.24. The number of allylic oxidation sites excluding steroid dienone is 2. The molecule has 132 valence electrons. The molecule has 27 heavy (non-hydrogen) atoms. The van der Waals surface area contributed by atoms with Gasteiger partial charge in [-0.3, -0.25) is 9.59 Å². The number of benzene rings is 2. The van der Waals surface area contributed by atoms with Crippen LogP contribution in [-0.4, -0.2) is 21.5 Å². The first-order valence-corrected chi connectivity index (χ1v) is 8.73. The largest absolute Gasteiger partial charge is 0.352 e. The molecule has 4 rings (SSSR count). The molecule has 0 saturated carbocycles. The summed E-state index contributed by atoms with van der Waals surface area (Å²) < 4.78 is 0. The summed E-state index contributed by atoms with van der Waals surface area (Å²) in [4.78, 5) is 32.5. The van der Waals surface area contributed by atoms with Gasteiger partial charge in [-0.1, -0.05) is 43.3 Å². The highest BCUT2D eigenvalue weighted by atomic mass is 16.1. The summed E-state index contributed by atoms with van der Waals surface area (Å²) in [6, 6.07) is 16.2. The van der Waals surface area contributed by atoms with Gasteiger partial charge < -0.3 is 5.32 Å². The molecule has 5 heteroatoms. The molecule has 0 spiro atoms. The van der Waals surface area contributed by atoms with Crippen molar-refractivity contribution in [3.63, 3.8) is 0 Å². The minimum atomic E-state index is -0.304. The van der Waals surface area contributed by atoms with Crippen LogP contribution in [0.5, 0.6) is 0 Å². The van der Waals surface area contributed by atoms with Crippen LogP contribution in [-0.2, 0) is 6.42 Å². The zero-order chi connectivity index (χ0) is 18.8. The number of hydrogen-bond donors (Lipinski definition) is 1. The molecule has 0 fully saturated rings. The Morgan fingerprint density at radius 2 is 1.59 bits per heavy atom. The molecule has 3 aromatic rings. The second-order valence-corrected chi connectivity index (χ2v) is 6.29. The predicted octanol–water partition coefficient (Wildman–Crippen LogP) is 4.08. The van der Waals surface area contributed by atoms with Crippen LogP contribution in [0.3, 0.4) is 0 Å². The fraction of sp³-hybridized carbons (Fsp3) is 0.0909. The van der Waals surface area contributed by atoms with Gasteiger partial charge in [-0.15, -0.1) is 0 Å². The molecule has 0 atom stereocenters. The van der Waals surface area contributed by atoms with E-state index in [0.717, 1.165) is 23.2 Å². The van der Waals surface area contributed by atoms with Crippen LogP contribution in [0, 0.1) is 0 Å². The third kappa shape index (κ3) is 3.27. The standard InChI is InChI=1S/C22H17N3O2/c1-2-14-3-5-15(6-4-14)16-7-9-17(10-8-16)25-19-11-20(26)21-18(22(19)27)12-23-13-24-21/h3-13,25H,2H2,1H3. The summed E-state index contributed by atoms with van der Waals surface area (Å²) in [5.41, 5.74) is 4.84. The van der Waals surface area contributed by atoms with Crippen molar-refractivity contribution in [2.24, 2.45) is 0 Å². The number of aromatic nitrogens is 2. The van der Waals surface area contributed by atoms with Crippen LogP contribution in [0.1, 0.15) is 33.3 Å². The van der Waals surface area contributed by atoms with Crippen molar-refractivity contribution in [2.75, 3.05) is 5.32 Å². The van der Waals surface area contributed by atoms with Gasteiger partial charge in [-0.25, -0.2) is 9.97 Å². The monoisotopic (exact) mass is 355 g/mol. The molecule has 1 aliphatic rings. The lowest BCUT2D eigenvalue weighted by atomic mass is 9.98. The van der Waals surface area contributed by atoms with Crippen molar-refractivity contribution in [1.82, 2.24) is 9.97 Å². The van der Waals surface area contributed by atoms with Gasteiger partial charge in [0.05, 0.1) is 11.3 Å². The molecule has 1 N–H and O–H groups in total. The topological polar surface area (TPSA) is 72.0 Å². The van der Waals surface area contributed by atoms with E-state index >= 15 is 0 Å². The number of carbonyl (C=O) groups excluding carboxylic acids is 2. The van der Waals surface area contributed by atoms with E-state index in [0.29, 0.717) is 0 Å². The van der Waals surface area contributed by atoms with Crippen LogP contribution < -0.4 is 5.32 Å². The van der Waals surface area contributed by atoms with E-state index in [2.05, 4.69) is 46.5 Å². The summed E-state index contributed by atoms with van der Waals surface area (Å²) >= 11 is 0. The van der Waals surface area contributed by atoms with Crippen LogP contribution in [0.2, 0.25) is 0 Å². The molecule has 1 heterocycles. The molecule has 0 bridgehead atoms. The van der Waals surface area contributed by atoms with Gasteiger partial charge >= 0.3 is 0 Å². The Morgan fingerprint density at radius 3 is 2.26 bits per heavy atom. The lowest BCUT2D eigenvalue weighted by Crippen LogP contribution is -2.22. The molecule has 0 radical (unpaired) electrons. The van der Waals surface area contributed by atoms with E-state index in [9.17, 15) is 9.59 Å². The number of fused-ring (bicyclic) bond motifs is 1. The molecule has 0 saturated heterocycles. The Labute approximate surface area is 156 Å². The van der Waals surface area contributed by atoms with Crippen molar-refractivity contribution in [1.29, 1.82) is 0 Å². The van der Waals surface area contributed by atoms with E-state index in [-0.39, 0.29) is 28.5 Å². The van der Waals surface area contributed by atoms with Crippen molar-refractivity contribution < 1.29 is 9.59 Å². The van der Waals surface area contributed by atoms with Crippen molar-refractivity contribution in [3.8, 4) is 11.1 Å². The van der Waals surface area contributed by atoms with E-state index in [4.69, 9.17) is 0 Å². The Kier molecular flexibility index (Phi) is 4.34. The van der Waals surface area contributed by atoms with Crippen LogP contribution in [0.4, 0.5) is 5.69 Å². The average Bonchev–Trinajstić information content (AvgIpc) is 2.72. The van der Waals surface area contributed by atoms with Gasteiger partial charge in [0.1, 0.15) is 12.0 Å². The fourth-order valence-electron chi connectivity index (χ4n) is 3.03. The van der Waals surface area contributed by atoms with E-state index in [1.54, 1.807) is 0 Å². The van der Waals surface area contributed by atoms with Gasteiger partial charge in [-0.05, 0) is 35.2 Å². The Bertz CT molecular complexity index is 1050. The summed E-state index contributed by atoms with van der Waals surface area (Å²) in [5, 5.41) is 3.03. The number of anilines is 1. The number of ketones is 2. The van der Waals surface area contributed by atoms with Crippen LogP contribution in [0.15, 0.2) is 72.8 Å². The molecule has 2 aromatic carbocycles. The van der Waals surface area contributed by atoms with Gasteiger partial charge in [0.25, 0.3) is 0 Å². The number of nitrogens with one attached hydrogen (secondary N) is 1. The van der Waals surface area contributed by atoms with E-state index < -0.39 is 0 Å². The number of rotatable bonds is 4. The quantitative estimate of drug-likeness (QED) is 0.763. The Balaban J connectivity index is 1.55. The van der Waals surface area contributed by atoms with Gasteiger partial charge in [-0.2, -0.15) is 0 Å². The number of carbonyl (C=O) groups is 2. The fourth-order valence-corrected chi connectivity index (χ4v) is 3.03. The van der Waals surface area contributed by atoms with Crippen LogP contribution >= 0.6 is 0 Å². The Hall–Kier alpha value is -3.60. The summed E-state index contributed by atoms with van der Waals surface area (Å²) in [6.07, 6.45) is 4.94. The SMILES string of the molecule is CCc1ccc(-c2ccc(NC3=CC(=O)c4ncncc4C3=O)cc2)cc1. The van der Waals surface area contributed by atoms with Crippen molar-refractivity contribution >= 4 is 17.3 Å². The van der Waals surface area contributed by atoms with Crippen molar-refractivity contribution in [3.05, 3.63) is 89.6 Å². The normalized spacial score (nSPS) is 13.1. The van der Waals surface area contributed by atoms with Gasteiger partial charge in [0.2, 0.25) is 11.6 Å². The first-order valence-electron chi connectivity index (χ1n) is 8.73. The molecule has 0 unspecified atom stereocenters. The minimum Gasteiger partial charge on any atom is -0.352 e. The molecule has 0 aliphatic heterocycles. The van der Waals surface area contributed by atoms with Crippen molar-refractivity contribution in [2.45, 2.75) is 13.3 Å². The molecule has 5 nitrogen and oxygen atoms in total. The zero-order valence-corrected chi connectivity index (χ0v) is 14.8. The van der Waals surface area contributed by atoms with Crippen LogP contribution in [0.25, 0.3) is 11.1 Å². The highest BCUT2D eigenvalue weighted by Crippen LogP contribution is 2.24. The Morgan fingerprint density at radius 1 is 0.926 bits per heavy atom. The third-order valence-corrected chi connectivity index (χ3v) is 4.57. The number of hydrogen-bond acceptors (Lipinski definition) is 5. The first-order chi connectivity index (χ1) is 13.2. The molecular formula is C22H17N3O2. The maximum Gasteiger partial charge on any atom is 0.213 e. The summed E-state index contributed by atoms with van der Waals surface area (Å²) in [6.45, 7) is 2.13. The smallest absolute Gasteiger partial charge is 0.213 e.